The first-order valence-electron chi connectivity index (χ1n) is 8.89. The Morgan fingerprint density at radius 1 is 1.32 bits per heavy atom. The molecule has 9 heteroatoms. The van der Waals surface area contributed by atoms with Crippen LogP contribution >= 0.6 is 11.8 Å². The minimum atomic E-state index is -0.438. The van der Waals surface area contributed by atoms with E-state index in [0.29, 0.717) is 5.88 Å². The Labute approximate surface area is 151 Å². The number of hydrogen-bond donors (Lipinski definition) is 0. The molecule has 0 radical (unpaired) electrons. The zero-order chi connectivity index (χ0) is 17.6. The highest BCUT2D eigenvalue weighted by atomic mass is 32.2. The van der Waals surface area contributed by atoms with Gasteiger partial charge in [-0.1, -0.05) is 43.9 Å². The van der Waals surface area contributed by atoms with Gasteiger partial charge in [0.05, 0.1) is 10.8 Å². The lowest BCUT2D eigenvalue weighted by atomic mass is 9.86. The third kappa shape index (κ3) is 4.59. The topological polar surface area (TPSA) is 91.7 Å². The largest absolute Gasteiger partial charge is 0.307 e. The number of nitro groups is 1. The van der Waals surface area contributed by atoms with Crippen molar-refractivity contribution in [1.29, 1.82) is 0 Å². The standard InChI is InChI=1S/C16H24N6O2S/c1-2-21-15(9-8-13-6-4-3-5-7-13)18-19-16(21)25-12-20-11-14(10-17-20)22(23)24/h10-11,13H,2-9,12H2,1H3. The SMILES string of the molecule is CCn1c(CCC2CCCCC2)nnc1SCn1cc([N+](=O)[O-])cn1. The highest BCUT2D eigenvalue weighted by Crippen LogP contribution is 2.28. The summed E-state index contributed by atoms with van der Waals surface area (Å²) >= 11 is 1.50. The molecule has 0 saturated heterocycles. The minimum Gasteiger partial charge on any atom is -0.306 e. The second-order valence-electron chi connectivity index (χ2n) is 6.45. The van der Waals surface area contributed by atoms with Crippen molar-refractivity contribution in [1.82, 2.24) is 24.5 Å². The number of nitrogens with zero attached hydrogens (tertiary/aromatic N) is 6. The minimum absolute atomic E-state index is 0.00530. The van der Waals surface area contributed by atoms with Gasteiger partial charge >= 0.3 is 5.69 Å². The smallest absolute Gasteiger partial charge is 0.306 e. The van der Waals surface area contributed by atoms with Gasteiger partial charge in [-0.3, -0.25) is 14.8 Å². The quantitative estimate of drug-likeness (QED) is 0.403. The summed E-state index contributed by atoms with van der Waals surface area (Å²) in [5.41, 5.74) is 0.00530. The maximum absolute atomic E-state index is 10.7. The number of rotatable bonds is 8. The summed E-state index contributed by atoms with van der Waals surface area (Å²) in [4.78, 5) is 10.3. The van der Waals surface area contributed by atoms with Crippen molar-refractivity contribution < 1.29 is 4.92 Å². The number of aryl methyl sites for hydroxylation is 1. The summed E-state index contributed by atoms with van der Waals surface area (Å²) in [6, 6.07) is 0. The monoisotopic (exact) mass is 364 g/mol. The van der Waals surface area contributed by atoms with Crippen LogP contribution in [0, 0.1) is 16.0 Å². The van der Waals surface area contributed by atoms with Crippen molar-refractivity contribution in [3.8, 4) is 0 Å². The van der Waals surface area contributed by atoms with Crippen LogP contribution in [0.5, 0.6) is 0 Å². The zero-order valence-corrected chi connectivity index (χ0v) is 15.3. The molecular weight excluding hydrogens is 340 g/mol. The average Bonchev–Trinajstić information content (AvgIpc) is 3.25. The number of hydrogen-bond acceptors (Lipinski definition) is 6. The Balaban J connectivity index is 1.57. The summed E-state index contributed by atoms with van der Waals surface area (Å²) in [5, 5.41) is 24.2. The van der Waals surface area contributed by atoms with E-state index < -0.39 is 4.92 Å². The highest BCUT2D eigenvalue weighted by Gasteiger charge is 2.17. The van der Waals surface area contributed by atoms with Gasteiger partial charge in [-0.15, -0.1) is 10.2 Å². The molecule has 0 unspecified atom stereocenters. The van der Waals surface area contributed by atoms with Gasteiger partial charge in [0.2, 0.25) is 0 Å². The molecule has 1 aliphatic carbocycles. The summed E-state index contributed by atoms with van der Waals surface area (Å²) in [5.74, 6) is 2.35. The molecule has 0 amide bonds. The summed E-state index contributed by atoms with van der Waals surface area (Å²) in [6.07, 6.45) is 11.7. The van der Waals surface area contributed by atoms with Crippen molar-refractivity contribution in [3.05, 3.63) is 28.3 Å². The predicted octanol–water partition coefficient (Wildman–Crippen LogP) is 3.67. The molecule has 0 atom stereocenters. The molecule has 1 saturated carbocycles. The van der Waals surface area contributed by atoms with Crippen molar-refractivity contribution in [2.24, 2.45) is 5.92 Å². The highest BCUT2D eigenvalue weighted by molar-refractivity contribution is 7.98. The Bertz CT molecular complexity index is 707. The maximum atomic E-state index is 10.7. The van der Waals surface area contributed by atoms with Gasteiger partial charge in [-0.25, -0.2) is 0 Å². The van der Waals surface area contributed by atoms with Crippen LogP contribution in [-0.4, -0.2) is 29.5 Å². The van der Waals surface area contributed by atoms with Crippen LogP contribution < -0.4 is 0 Å². The van der Waals surface area contributed by atoms with E-state index >= 15 is 0 Å². The van der Waals surface area contributed by atoms with Crippen LogP contribution in [-0.2, 0) is 18.8 Å². The van der Waals surface area contributed by atoms with E-state index in [1.54, 1.807) is 4.68 Å². The zero-order valence-electron chi connectivity index (χ0n) is 14.5. The van der Waals surface area contributed by atoms with E-state index in [2.05, 4.69) is 26.8 Å². The fourth-order valence-electron chi connectivity index (χ4n) is 3.38. The Hall–Kier alpha value is -1.90. The average molecular weight is 364 g/mol. The van der Waals surface area contributed by atoms with Crippen molar-refractivity contribution in [3.63, 3.8) is 0 Å². The molecule has 1 aliphatic rings. The van der Waals surface area contributed by atoms with Crippen molar-refractivity contribution in [2.75, 3.05) is 0 Å². The lowest BCUT2D eigenvalue weighted by Gasteiger charge is -2.21. The van der Waals surface area contributed by atoms with Gasteiger partial charge in [0, 0.05) is 13.0 Å². The van der Waals surface area contributed by atoms with Crippen LogP contribution in [0.2, 0.25) is 0 Å². The maximum Gasteiger partial charge on any atom is 0.307 e. The van der Waals surface area contributed by atoms with Gasteiger partial charge in [-0.05, 0) is 19.3 Å². The van der Waals surface area contributed by atoms with Gasteiger partial charge in [-0.2, -0.15) is 5.10 Å². The third-order valence-corrected chi connectivity index (χ3v) is 5.72. The third-order valence-electron chi connectivity index (χ3n) is 4.77. The Morgan fingerprint density at radius 2 is 2.12 bits per heavy atom. The molecular formula is C16H24N6O2S. The molecule has 2 heterocycles. The van der Waals surface area contributed by atoms with Crippen LogP contribution in [0.4, 0.5) is 5.69 Å². The molecule has 0 N–H and O–H groups in total. The van der Waals surface area contributed by atoms with Gasteiger partial charge in [0.1, 0.15) is 18.2 Å². The second-order valence-corrected chi connectivity index (χ2v) is 7.37. The van der Waals surface area contributed by atoms with Crippen LogP contribution in [0.1, 0.15) is 51.3 Å². The fraction of sp³-hybridized carbons (Fsp3) is 0.688. The lowest BCUT2D eigenvalue weighted by Crippen LogP contribution is -2.10. The van der Waals surface area contributed by atoms with E-state index in [1.165, 1.54) is 62.7 Å². The molecule has 1 fully saturated rings. The molecule has 136 valence electrons. The summed E-state index contributed by atoms with van der Waals surface area (Å²) < 4.78 is 3.70. The number of aromatic nitrogens is 5. The molecule has 0 aromatic carbocycles. The first-order chi connectivity index (χ1) is 12.2. The first-order valence-corrected chi connectivity index (χ1v) is 9.87. The molecule has 3 rings (SSSR count). The predicted molar refractivity (Wildman–Crippen MR) is 95.3 cm³/mol. The summed E-state index contributed by atoms with van der Waals surface area (Å²) in [7, 11) is 0. The second kappa shape index (κ2) is 8.46. The van der Waals surface area contributed by atoms with Crippen LogP contribution in [0.25, 0.3) is 0 Å². The van der Waals surface area contributed by atoms with E-state index in [-0.39, 0.29) is 5.69 Å². The lowest BCUT2D eigenvalue weighted by molar-refractivity contribution is -0.385. The van der Waals surface area contributed by atoms with Gasteiger partial charge in [0.25, 0.3) is 0 Å². The molecule has 8 nitrogen and oxygen atoms in total. The molecule has 2 aromatic heterocycles. The van der Waals surface area contributed by atoms with E-state index in [9.17, 15) is 10.1 Å². The Morgan fingerprint density at radius 3 is 2.80 bits per heavy atom. The van der Waals surface area contributed by atoms with Crippen molar-refractivity contribution in [2.45, 2.75) is 69.4 Å². The number of thioether (sulfide) groups is 1. The van der Waals surface area contributed by atoms with Crippen LogP contribution in [0.15, 0.2) is 17.6 Å². The Kier molecular flexibility index (Phi) is 6.06. The van der Waals surface area contributed by atoms with Gasteiger partial charge < -0.3 is 4.57 Å². The van der Waals surface area contributed by atoms with E-state index in [1.807, 2.05) is 0 Å². The molecule has 25 heavy (non-hydrogen) atoms. The van der Waals surface area contributed by atoms with Crippen molar-refractivity contribution >= 4 is 17.4 Å². The molecule has 0 bridgehead atoms. The van der Waals surface area contributed by atoms with Crippen LogP contribution in [0.3, 0.4) is 0 Å². The van der Waals surface area contributed by atoms with Gasteiger partial charge in [0.15, 0.2) is 5.16 Å². The first kappa shape index (κ1) is 17.9. The molecule has 0 aliphatic heterocycles. The van der Waals surface area contributed by atoms with E-state index in [4.69, 9.17) is 0 Å². The normalized spacial score (nSPS) is 15.6. The van der Waals surface area contributed by atoms with E-state index in [0.717, 1.165) is 29.9 Å². The molecule has 0 spiro atoms. The molecule has 2 aromatic rings. The fourth-order valence-corrected chi connectivity index (χ4v) is 4.26. The summed E-state index contributed by atoms with van der Waals surface area (Å²) in [6.45, 7) is 2.92.